The van der Waals surface area contributed by atoms with Crippen LogP contribution in [0.5, 0.6) is 0 Å². The first-order chi connectivity index (χ1) is 12.9. The van der Waals surface area contributed by atoms with Gasteiger partial charge in [0.2, 0.25) is 11.8 Å². The summed E-state index contributed by atoms with van der Waals surface area (Å²) >= 11 is 1.47. The Hall–Kier alpha value is -2.67. The van der Waals surface area contributed by atoms with E-state index in [4.69, 9.17) is 0 Å². The van der Waals surface area contributed by atoms with Crippen LogP contribution in [0.25, 0.3) is 0 Å². The predicted molar refractivity (Wildman–Crippen MR) is 109 cm³/mol. The zero-order valence-corrected chi connectivity index (χ0v) is 16.6. The number of hydrogen-bond donors (Lipinski definition) is 3. The molecule has 2 rings (SSSR count). The quantitative estimate of drug-likeness (QED) is 0.602. The van der Waals surface area contributed by atoms with Crippen molar-refractivity contribution in [2.24, 2.45) is 5.92 Å². The minimum absolute atomic E-state index is 0.0718. The van der Waals surface area contributed by atoms with Crippen molar-refractivity contribution < 1.29 is 14.4 Å². The van der Waals surface area contributed by atoms with Crippen LogP contribution in [-0.4, -0.2) is 24.3 Å². The molecule has 0 bridgehead atoms. The lowest BCUT2D eigenvalue weighted by Gasteiger charge is -2.13. The Bertz CT molecular complexity index is 801. The maximum absolute atomic E-state index is 12.2. The Balaban J connectivity index is 1.80. The van der Waals surface area contributed by atoms with Crippen LogP contribution in [0.1, 0.15) is 42.6 Å². The SMILES string of the molecule is Cc1ccc(NC(=O)C(C)C)cc1NC(=O)CCCNC(=O)c1ccsc1. The molecule has 1 aromatic heterocycles. The number of carbonyl (C=O) groups is 3. The van der Waals surface area contributed by atoms with Gasteiger partial charge < -0.3 is 16.0 Å². The van der Waals surface area contributed by atoms with Crippen LogP contribution in [0.4, 0.5) is 11.4 Å². The molecule has 0 spiro atoms. The van der Waals surface area contributed by atoms with Gasteiger partial charge in [-0.25, -0.2) is 0 Å². The minimum Gasteiger partial charge on any atom is -0.352 e. The highest BCUT2D eigenvalue weighted by Crippen LogP contribution is 2.21. The van der Waals surface area contributed by atoms with E-state index in [1.165, 1.54) is 11.3 Å². The molecule has 0 radical (unpaired) electrons. The van der Waals surface area contributed by atoms with E-state index < -0.39 is 0 Å². The van der Waals surface area contributed by atoms with E-state index in [1.807, 2.05) is 38.3 Å². The Morgan fingerprint density at radius 2 is 1.89 bits per heavy atom. The van der Waals surface area contributed by atoms with Crippen LogP contribution >= 0.6 is 11.3 Å². The predicted octanol–water partition coefficient (Wildman–Crippen LogP) is 3.80. The van der Waals surface area contributed by atoms with Crippen molar-refractivity contribution >= 4 is 40.4 Å². The second-order valence-corrected chi connectivity index (χ2v) is 7.37. The van der Waals surface area contributed by atoms with Gasteiger partial charge >= 0.3 is 0 Å². The van der Waals surface area contributed by atoms with Gasteiger partial charge in [-0.05, 0) is 42.5 Å². The van der Waals surface area contributed by atoms with E-state index in [-0.39, 0.29) is 23.6 Å². The van der Waals surface area contributed by atoms with E-state index in [9.17, 15) is 14.4 Å². The smallest absolute Gasteiger partial charge is 0.252 e. The third kappa shape index (κ3) is 6.53. The third-order valence-corrected chi connectivity index (χ3v) is 4.64. The molecule has 0 saturated carbocycles. The van der Waals surface area contributed by atoms with E-state index in [0.29, 0.717) is 36.3 Å². The number of amides is 3. The van der Waals surface area contributed by atoms with Crippen LogP contribution in [-0.2, 0) is 9.59 Å². The summed E-state index contributed by atoms with van der Waals surface area (Å²) < 4.78 is 0. The number of aryl methyl sites for hydroxylation is 1. The Kier molecular flexibility index (Phi) is 7.55. The molecule has 0 atom stereocenters. The normalized spacial score (nSPS) is 10.5. The number of benzene rings is 1. The summed E-state index contributed by atoms with van der Waals surface area (Å²) in [7, 11) is 0. The molecule has 27 heavy (non-hydrogen) atoms. The molecule has 0 aliphatic heterocycles. The van der Waals surface area contributed by atoms with Crippen molar-refractivity contribution in [1.82, 2.24) is 5.32 Å². The van der Waals surface area contributed by atoms with Gasteiger partial charge in [-0.1, -0.05) is 19.9 Å². The average molecular weight is 388 g/mol. The molecule has 3 N–H and O–H groups in total. The van der Waals surface area contributed by atoms with E-state index >= 15 is 0 Å². The number of hydrogen-bond acceptors (Lipinski definition) is 4. The van der Waals surface area contributed by atoms with Crippen molar-refractivity contribution in [3.63, 3.8) is 0 Å². The second-order valence-electron chi connectivity index (χ2n) is 6.59. The standard InChI is InChI=1S/C20H25N3O3S/c1-13(2)19(25)22-16-7-6-14(3)17(11-16)23-18(24)5-4-9-21-20(26)15-8-10-27-12-15/h6-8,10-13H,4-5,9H2,1-3H3,(H,21,26)(H,22,25)(H,23,24). The molecule has 144 valence electrons. The molecular formula is C20H25N3O3S. The maximum Gasteiger partial charge on any atom is 0.252 e. The van der Waals surface area contributed by atoms with Gasteiger partial charge in [-0.15, -0.1) is 0 Å². The summed E-state index contributed by atoms with van der Waals surface area (Å²) in [6.07, 6.45) is 0.844. The van der Waals surface area contributed by atoms with Crippen LogP contribution in [0.3, 0.4) is 0 Å². The van der Waals surface area contributed by atoms with Crippen LogP contribution in [0.2, 0.25) is 0 Å². The molecule has 1 heterocycles. The highest BCUT2D eigenvalue weighted by molar-refractivity contribution is 7.08. The Morgan fingerprint density at radius 1 is 1.11 bits per heavy atom. The number of nitrogens with one attached hydrogen (secondary N) is 3. The average Bonchev–Trinajstić information content (AvgIpc) is 3.16. The molecule has 0 aliphatic carbocycles. The van der Waals surface area contributed by atoms with Crippen LogP contribution in [0, 0.1) is 12.8 Å². The summed E-state index contributed by atoms with van der Waals surface area (Å²) in [6, 6.07) is 7.18. The van der Waals surface area contributed by atoms with Gasteiger partial charge in [-0.2, -0.15) is 11.3 Å². The van der Waals surface area contributed by atoms with Crippen LogP contribution in [0.15, 0.2) is 35.0 Å². The summed E-state index contributed by atoms with van der Waals surface area (Å²) in [5, 5.41) is 12.1. The summed E-state index contributed by atoms with van der Waals surface area (Å²) in [4.78, 5) is 35.8. The highest BCUT2D eigenvalue weighted by Gasteiger charge is 2.10. The van der Waals surface area contributed by atoms with E-state index in [2.05, 4.69) is 16.0 Å². The zero-order chi connectivity index (χ0) is 19.8. The molecule has 0 unspecified atom stereocenters. The summed E-state index contributed by atoms with van der Waals surface area (Å²) in [5.74, 6) is -0.442. The Morgan fingerprint density at radius 3 is 2.56 bits per heavy atom. The van der Waals surface area contributed by atoms with Crippen molar-refractivity contribution in [1.29, 1.82) is 0 Å². The highest BCUT2D eigenvalue weighted by atomic mass is 32.1. The number of carbonyl (C=O) groups excluding carboxylic acids is 3. The topological polar surface area (TPSA) is 87.3 Å². The third-order valence-electron chi connectivity index (χ3n) is 3.95. The molecule has 0 fully saturated rings. The lowest BCUT2D eigenvalue weighted by molar-refractivity contribution is -0.119. The zero-order valence-electron chi connectivity index (χ0n) is 15.8. The fraction of sp³-hybridized carbons (Fsp3) is 0.350. The molecule has 6 nitrogen and oxygen atoms in total. The first-order valence-electron chi connectivity index (χ1n) is 8.88. The summed E-state index contributed by atoms with van der Waals surface area (Å²) in [6.45, 7) is 5.98. The summed E-state index contributed by atoms with van der Waals surface area (Å²) in [5.41, 5.74) is 2.87. The van der Waals surface area contributed by atoms with Gasteiger partial charge in [0.05, 0.1) is 0 Å². The van der Waals surface area contributed by atoms with Crippen molar-refractivity contribution in [2.45, 2.75) is 33.6 Å². The second kappa shape index (κ2) is 9.87. The fourth-order valence-corrected chi connectivity index (χ4v) is 2.92. The number of thiophene rings is 1. The van der Waals surface area contributed by atoms with Crippen molar-refractivity contribution in [3.05, 3.63) is 46.2 Å². The van der Waals surface area contributed by atoms with Gasteiger partial charge in [-0.3, -0.25) is 14.4 Å². The molecule has 1 aromatic carbocycles. The fourth-order valence-electron chi connectivity index (χ4n) is 2.28. The van der Waals surface area contributed by atoms with Crippen molar-refractivity contribution in [3.8, 4) is 0 Å². The van der Waals surface area contributed by atoms with Gasteiger partial charge in [0.15, 0.2) is 0 Å². The van der Waals surface area contributed by atoms with Crippen LogP contribution < -0.4 is 16.0 Å². The molecule has 0 aliphatic rings. The van der Waals surface area contributed by atoms with Gasteiger partial charge in [0.1, 0.15) is 0 Å². The molecule has 0 saturated heterocycles. The Labute approximate surface area is 163 Å². The first kappa shape index (κ1) is 20.6. The lowest BCUT2D eigenvalue weighted by atomic mass is 10.1. The molecular weight excluding hydrogens is 362 g/mol. The monoisotopic (exact) mass is 387 g/mol. The first-order valence-corrected chi connectivity index (χ1v) is 9.83. The molecule has 2 aromatic rings. The largest absolute Gasteiger partial charge is 0.352 e. The lowest BCUT2D eigenvalue weighted by Crippen LogP contribution is -2.25. The van der Waals surface area contributed by atoms with Gasteiger partial charge in [0, 0.05) is 41.2 Å². The maximum atomic E-state index is 12.2. The molecule has 3 amide bonds. The number of rotatable bonds is 8. The van der Waals surface area contributed by atoms with E-state index in [1.54, 1.807) is 17.5 Å². The van der Waals surface area contributed by atoms with E-state index in [0.717, 1.165) is 5.56 Å². The van der Waals surface area contributed by atoms with Gasteiger partial charge in [0.25, 0.3) is 5.91 Å². The minimum atomic E-state index is -0.129. The molecule has 7 heteroatoms. The number of anilines is 2. The van der Waals surface area contributed by atoms with Crippen molar-refractivity contribution in [2.75, 3.05) is 17.2 Å².